The number of hydrogen-bond acceptors (Lipinski definition) is 6. The Morgan fingerprint density at radius 2 is 2.13 bits per heavy atom. The van der Waals surface area contributed by atoms with Gasteiger partial charge in [0.05, 0.1) is 5.75 Å². The number of aromatic nitrogens is 4. The zero-order valence-electron chi connectivity index (χ0n) is 13.5. The second-order valence-electron chi connectivity index (χ2n) is 6.25. The lowest BCUT2D eigenvalue weighted by Crippen LogP contribution is -2.33. The molecular weight excluding hydrogens is 328 g/mol. The summed E-state index contributed by atoms with van der Waals surface area (Å²) in [5, 5.41) is 11.3. The van der Waals surface area contributed by atoms with Gasteiger partial charge in [-0.3, -0.25) is 0 Å². The van der Waals surface area contributed by atoms with Crippen molar-refractivity contribution in [1.82, 2.24) is 20.2 Å². The van der Waals surface area contributed by atoms with Crippen LogP contribution in [0.15, 0.2) is 0 Å². The van der Waals surface area contributed by atoms with Crippen molar-refractivity contribution in [3.05, 3.63) is 0 Å². The van der Waals surface area contributed by atoms with Gasteiger partial charge in [0, 0.05) is 38.7 Å². The van der Waals surface area contributed by atoms with Crippen molar-refractivity contribution in [3.8, 4) is 0 Å². The first kappa shape index (κ1) is 18.0. The number of aryl methyl sites for hydroxylation is 1. The van der Waals surface area contributed by atoms with Crippen LogP contribution in [-0.2, 0) is 16.4 Å². The van der Waals surface area contributed by atoms with Crippen LogP contribution in [0, 0.1) is 5.92 Å². The Bertz CT molecular complexity index is 620. The van der Waals surface area contributed by atoms with Crippen LogP contribution in [0.4, 0.5) is 14.7 Å². The maximum Gasteiger partial charge on any atom is 0.251 e. The topological polar surface area (TPSA) is 81.0 Å². The van der Waals surface area contributed by atoms with Gasteiger partial charge in [-0.2, -0.15) is 0 Å². The molecule has 132 valence electrons. The molecule has 0 saturated heterocycles. The molecule has 0 aromatic carbocycles. The second-order valence-corrected chi connectivity index (χ2v) is 8.51. The smallest absolute Gasteiger partial charge is 0.251 e. The molecule has 1 unspecified atom stereocenters. The third-order valence-electron chi connectivity index (χ3n) is 4.25. The number of hydrogen-bond donors (Lipinski definition) is 0. The number of tetrazole rings is 1. The monoisotopic (exact) mass is 351 g/mol. The number of halogens is 2. The fraction of sp³-hybridized carbons (Fsp3) is 0.923. The maximum atomic E-state index is 13.9. The van der Waals surface area contributed by atoms with Crippen molar-refractivity contribution in [3.63, 3.8) is 0 Å². The molecule has 23 heavy (non-hydrogen) atoms. The van der Waals surface area contributed by atoms with Crippen molar-refractivity contribution < 1.29 is 17.2 Å². The minimum atomic E-state index is -3.09. The van der Waals surface area contributed by atoms with Crippen LogP contribution in [0.5, 0.6) is 0 Å². The van der Waals surface area contributed by atoms with E-state index in [4.69, 9.17) is 0 Å². The summed E-state index contributed by atoms with van der Waals surface area (Å²) >= 11 is 0. The highest BCUT2D eigenvalue weighted by molar-refractivity contribution is 7.90. The Hall–Kier alpha value is -1.32. The number of nitrogens with zero attached hydrogens (tertiary/aromatic N) is 5. The minimum absolute atomic E-state index is 0.0168. The molecule has 0 radical (unpaired) electrons. The standard InChI is InChI=1S/C13H23F2N5O2S/c1-19(9-10-23(2,21)22)12-16-17-18-20(12)8-6-11-5-3-4-7-13(11,14)15/h11H,3-10H2,1-2H3. The maximum absolute atomic E-state index is 13.9. The van der Waals surface area contributed by atoms with Gasteiger partial charge in [-0.15, -0.1) is 0 Å². The number of rotatable bonds is 7. The Labute approximate surface area is 135 Å². The first-order chi connectivity index (χ1) is 10.7. The molecule has 10 heteroatoms. The molecule has 1 atom stereocenters. The number of sulfone groups is 1. The molecule has 7 nitrogen and oxygen atoms in total. The predicted molar refractivity (Wildman–Crippen MR) is 82.3 cm³/mol. The van der Waals surface area contributed by atoms with Gasteiger partial charge in [0.2, 0.25) is 5.95 Å². The highest BCUT2D eigenvalue weighted by atomic mass is 32.2. The lowest BCUT2D eigenvalue weighted by atomic mass is 9.83. The minimum Gasteiger partial charge on any atom is -0.342 e. The first-order valence-corrected chi connectivity index (χ1v) is 9.78. The van der Waals surface area contributed by atoms with Gasteiger partial charge in [-0.1, -0.05) is 11.5 Å². The van der Waals surface area contributed by atoms with Crippen LogP contribution in [0.25, 0.3) is 0 Å². The molecule has 0 aliphatic heterocycles. The Morgan fingerprint density at radius 3 is 2.78 bits per heavy atom. The molecule has 1 saturated carbocycles. The van der Waals surface area contributed by atoms with Crippen molar-refractivity contribution in [1.29, 1.82) is 0 Å². The van der Waals surface area contributed by atoms with E-state index in [9.17, 15) is 17.2 Å². The summed E-state index contributed by atoms with van der Waals surface area (Å²) < 4.78 is 51.7. The van der Waals surface area contributed by atoms with Gasteiger partial charge in [0.25, 0.3) is 5.92 Å². The van der Waals surface area contributed by atoms with Gasteiger partial charge in [0.15, 0.2) is 0 Å². The fourth-order valence-electron chi connectivity index (χ4n) is 2.82. The summed E-state index contributed by atoms with van der Waals surface area (Å²) in [6, 6.07) is 0. The van der Waals surface area contributed by atoms with Gasteiger partial charge < -0.3 is 4.90 Å². The van der Waals surface area contributed by atoms with E-state index in [-0.39, 0.29) is 18.7 Å². The van der Waals surface area contributed by atoms with E-state index in [2.05, 4.69) is 15.5 Å². The van der Waals surface area contributed by atoms with Crippen molar-refractivity contribution >= 4 is 15.8 Å². The van der Waals surface area contributed by atoms with Crippen LogP contribution in [0.1, 0.15) is 32.1 Å². The Kier molecular flexibility index (Phi) is 5.53. The SMILES string of the molecule is CN(CCS(C)(=O)=O)c1nnnn1CCC1CCCCC1(F)F. The van der Waals surface area contributed by atoms with E-state index in [1.54, 1.807) is 11.9 Å². The van der Waals surface area contributed by atoms with Gasteiger partial charge in [0.1, 0.15) is 9.84 Å². The van der Waals surface area contributed by atoms with E-state index in [1.807, 2.05) is 0 Å². The second kappa shape index (κ2) is 7.06. The highest BCUT2D eigenvalue weighted by Gasteiger charge is 2.40. The Morgan fingerprint density at radius 1 is 1.39 bits per heavy atom. The van der Waals surface area contributed by atoms with Crippen molar-refractivity contribution in [2.45, 2.75) is 44.6 Å². The lowest BCUT2D eigenvalue weighted by Gasteiger charge is -2.31. The normalized spacial score (nSPS) is 21.3. The average molecular weight is 351 g/mol. The van der Waals surface area contributed by atoms with E-state index in [0.717, 1.165) is 12.7 Å². The molecule has 1 aromatic rings. The number of alkyl halides is 2. The van der Waals surface area contributed by atoms with Crippen LogP contribution < -0.4 is 4.90 Å². The van der Waals surface area contributed by atoms with Gasteiger partial charge >= 0.3 is 0 Å². The third kappa shape index (κ3) is 5.08. The van der Waals surface area contributed by atoms with Crippen LogP contribution >= 0.6 is 0 Å². The Balaban J connectivity index is 1.95. The lowest BCUT2D eigenvalue weighted by molar-refractivity contribution is -0.0894. The van der Waals surface area contributed by atoms with Crippen molar-refractivity contribution in [2.75, 3.05) is 30.5 Å². The van der Waals surface area contributed by atoms with Crippen LogP contribution in [-0.4, -0.2) is 60.1 Å². The quantitative estimate of drug-likeness (QED) is 0.738. The summed E-state index contributed by atoms with van der Waals surface area (Å²) in [6.07, 6.45) is 3.35. The van der Waals surface area contributed by atoms with Gasteiger partial charge in [-0.05, 0) is 29.7 Å². The molecule has 1 aromatic heterocycles. The molecule has 2 rings (SSSR count). The summed E-state index contributed by atoms with van der Waals surface area (Å²) in [7, 11) is -1.40. The van der Waals surface area contributed by atoms with E-state index >= 15 is 0 Å². The third-order valence-corrected chi connectivity index (χ3v) is 5.18. The van der Waals surface area contributed by atoms with E-state index in [0.29, 0.717) is 31.8 Å². The van der Waals surface area contributed by atoms with E-state index in [1.165, 1.54) is 4.68 Å². The summed E-state index contributed by atoms with van der Waals surface area (Å²) in [5.74, 6) is -2.88. The molecule has 1 fully saturated rings. The molecule has 0 bridgehead atoms. The highest BCUT2D eigenvalue weighted by Crippen LogP contribution is 2.40. The average Bonchev–Trinajstić information content (AvgIpc) is 2.91. The predicted octanol–water partition coefficient (Wildman–Crippen LogP) is 1.37. The fourth-order valence-corrected chi connectivity index (χ4v) is 3.43. The molecular formula is C13H23F2N5O2S. The molecule has 0 amide bonds. The van der Waals surface area contributed by atoms with Crippen LogP contribution in [0.2, 0.25) is 0 Å². The zero-order valence-corrected chi connectivity index (χ0v) is 14.3. The zero-order chi connectivity index (χ0) is 17.1. The van der Waals surface area contributed by atoms with Crippen LogP contribution in [0.3, 0.4) is 0 Å². The number of anilines is 1. The molecule has 1 aliphatic carbocycles. The largest absolute Gasteiger partial charge is 0.342 e. The molecule has 0 N–H and O–H groups in total. The summed E-state index contributed by atoms with van der Waals surface area (Å²) in [5.41, 5.74) is 0. The summed E-state index contributed by atoms with van der Waals surface area (Å²) in [4.78, 5) is 1.63. The van der Waals surface area contributed by atoms with E-state index < -0.39 is 21.7 Å². The van der Waals surface area contributed by atoms with Crippen molar-refractivity contribution in [2.24, 2.45) is 5.92 Å². The molecule has 1 heterocycles. The molecule has 0 spiro atoms. The molecule has 1 aliphatic rings. The first-order valence-electron chi connectivity index (χ1n) is 7.72. The van der Waals surface area contributed by atoms with Gasteiger partial charge in [-0.25, -0.2) is 21.9 Å². The summed E-state index contributed by atoms with van der Waals surface area (Å²) in [6.45, 7) is 0.546.